The van der Waals surface area contributed by atoms with Crippen molar-refractivity contribution < 1.29 is 59.7 Å². The number of hydrogen-bond donors (Lipinski definition) is 8. The molecule has 0 saturated heterocycles. The molecule has 5 atom stereocenters. The van der Waals surface area contributed by atoms with Gasteiger partial charge in [0.25, 0.3) is 5.91 Å². The van der Waals surface area contributed by atoms with Crippen LogP contribution in [0.25, 0.3) is 0 Å². The van der Waals surface area contributed by atoms with Crippen LogP contribution in [0, 0.1) is 11.8 Å². The van der Waals surface area contributed by atoms with Gasteiger partial charge in [-0.05, 0) is 32.6 Å². The largest absolute Gasteiger partial charge is 0.510 e. The lowest BCUT2D eigenvalue weighted by atomic mass is 9.58. The molecule has 3 aliphatic rings. The molecular formula is C23H23ClN2O12. The highest BCUT2D eigenvalue weighted by Crippen LogP contribution is 2.55. The van der Waals surface area contributed by atoms with E-state index in [1.165, 1.54) is 25.1 Å². The summed E-state index contributed by atoms with van der Waals surface area (Å²) in [5, 5.41) is 69.2. The summed E-state index contributed by atoms with van der Waals surface area (Å²) in [5.41, 5.74) is 0.739. The molecule has 0 saturated carbocycles. The van der Waals surface area contributed by atoms with Crippen molar-refractivity contribution in [2.45, 2.75) is 24.2 Å². The number of hydrogen-bond acceptors (Lipinski definition) is 11. The number of aliphatic hydroxyl groups is 4. The van der Waals surface area contributed by atoms with Gasteiger partial charge in [-0.25, -0.2) is 9.59 Å². The third-order valence-electron chi connectivity index (χ3n) is 6.83. The average Bonchev–Trinajstić information content (AvgIpc) is 2.80. The van der Waals surface area contributed by atoms with Crippen LogP contribution in [0.2, 0.25) is 5.02 Å². The molecule has 4 rings (SSSR count). The summed E-state index contributed by atoms with van der Waals surface area (Å²) in [5.74, 6) is -11.8. The first-order chi connectivity index (χ1) is 17.5. The van der Waals surface area contributed by atoms with Gasteiger partial charge >= 0.3 is 11.9 Å². The van der Waals surface area contributed by atoms with Crippen molar-refractivity contribution in [2.75, 3.05) is 14.1 Å². The number of carbonyl (C=O) groups is 5. The molecule has 1 aromatic carbocycles. The van der Waals surface area contributed by atoms with Crippen LogP contribution >= 0.6 is 11.6 Å². The van der Waals surface area contributed by atoms with E-state index in [1.807, 2.05) is 0 Å². The molecule has 38 heavy (non-hydrogen) atoms. The van der Waals surface area contributed by atoms with Gasteiger partial charge < -0.3 is 41.5 Å². The van der Waals surface area contributed by atoms with Gasteiger partial charge in [0, 0.05) is 28.0 Å². The van der Waals surface area contributed by atoms with Gasteiger partial charge in [-0.15, -0.1) is 0 Å². The summed E-state index contributed by atoms with van der Waals surface area (Å²) in [6.45, 7) is 0. The Balaban J connectivity index is 0.000000599. The second-order valence-electron chi connectivity index (χ2n) is 9.08. The maximum absolute atomic E-state index is 13.3. The number of benzene rings is 1. The van der Waals surface area contributed by atoms with E-state index in [2.05, 4.69) is 0 Å². The number of amides is 1. The van der Waals surface area contributed by atoms with Crippen molar-refractivity contribution in [3.8, 4) is 5.75 Å². The van der Waals surface area contributed by atoms with E-state index in [9.17, 15) is 39.9 Å². The van der Waals surface area contributed by atoms with Gasteiger partial charge in [-0.1, -0.05) is 11.6 Å². The number of halogens is 1. The number of aliphatic carboxylic acids is 2. The molecule has 3 aliphatic carbocycles. The lowest BCUT2D eigenvalue weighted by Crippen LogP contribution is -2.64. The zero-order chi connectivity index (χ0) is 29.0. The van der Waals surface area contributed by atoms with E-state index in [0.717, 1.165) is 6.07 Å². The highest BCUT2D eigenvalue weighted by atomic mass is 35.5. The van der Waals surface area contributed by atoms with E-state index >= 15 is 0 Å². The lowest BCUT2D eigenvalue weighted by molar-refractivity contribution is -0.159. The number of nitrogens with zero attached hydrogens (tertiary/aromatic N) is 1. The van der Waals surface area contributed by atoms with Crippen LogP contribution in [-0.2, 0) is 19.2 Å². The molecule has 0 spiro atoms. The van der Waals surface area contributed by atoms with Gasteiger partial charge in [0.15, 0.2) is 11.4 Å². The van der Waals surface area contributed by atoms with Gasteiger partial charge in [-0.2, -0.15) is 0 Å². The number of likely N-dealkylation sites (N-methyl/N-ethyl adjacent to an activating group) is 1. The number of Topliss-reactive ketones (excluding diaryl/α,β-unsaturated/α-hetero) is 2. The van der Waals surface area contributed by atoms with Crippen molar-refractivity contribution in [1.82, 2.24) is 4.90 Å². The SMILES string of the molecule is CN(C)[C@@H]1C(O)=C(C(N)=O)C(=O)[C@@]2(O)C(O)=C3C(=O)c4c(O)ccc(Cl)c4[C@@H](O)[C@H]3C[C@@H]12.O=C(O)C(=O)O. The van der Waals surface area contributed by atoms with Crippen LogP contribution in [0.4, 0.5) is 0 Å². The Hall–Kier alpha value is -3.98. The summed E-state index contributed by atoms with van der Waals surface area (Å²) in [7, 11) is 3.03. The third kappa shape index (κ3) is 4.07. The van der Waals surface area contributed by atoms with Gasteiger partial charge in [0.2, 0.25) is 5.78 Å². The van der Waals surface area contributed by atoms with Crippen molar-refractivity contribution in [3.63, 3.8) is 0 Å². The van der Waals surface area contributed by atoms with Gasteiger partial charge in [0.1, 0.15) is 22.8 Å². The number of nitrogens with two attached hydrogens (primary N) is 1. The van der Waals surface area contributed by atoms with Gasteiger partial charge in [0.05, 0.1) is 17.7 Å². The van der Waals surface area contributed by atoms with E-state index in [1.54, 1.807) is 0 Å². The first kappa shape index (κ1) is 28.6. The van der Waals surface area contributed by atoms with Crippen LogP contribution in [0.15, 0.2) is 34.8 Å². The third-order valence-corrected chi connectivity index (χ3v) is 7.16. The number of phenols is 1. The number of carbonyl (C=O) groups excluding carboxylic acids is 3. The predicted molar refractivity (Wildman–Crippen MR) is 125 cm³/mol. The predicted octanol–water partition coefficient (Wildman–Crippen LogP) is -0.579. The quantitative estimate of drug-likeness (QED) is 0.168. The molecule has 0 bridgehead atoms. The number of primary amides is 1. The van der Waals surface area contributed by atoms with Crippen molar-refractivity contribution in [1.29, 1.82) is 0 Å². The van der Waals surface area contributed by atoms with E-state index < -0.39 is 87.4 Å². The molecule has 9 N–H and O–H groups in total. The zero-order valence-corrected chi connectivity index (χ0v) is 20.5. The highest BCUT2D eigenvalue weighted by molar-refractivity contribution is 6.33. The molecule has 0 radical (unpaired) electrons. The molecule has 1 amide bonds. The number of carboxylic acid groups (broad SMARTS) is 2. The Morgan fingerprint density at radius 1 is 1.08 bits per heavy atom. The molecule has 0 fully saturated rings. The number of carboxylic acids is 2. The Morgan fingerprint density at radius 2 is 1.63 bits per heavy atom. The second kappa shape index (κ2) is 9.72. The molecule has 0 aromatic heterocycles. The van der Waals surface area contributed by atoms with Crippen LogP contribution in [0.1, 0.15) is 28.4 Å². The molecule has 1 aromatic rings. The monoisotopic (exact) mass is 554 g/mol. The number of ketones is 2. The molecule has 0 heterocycles. The smallest absolute Gasteiger partial charge is 0.414 e. The Morgan fingerprint density at radius 3 is 2.11 bits per heavy atom. The molecule has 0 aliphatic heterocycles. The van der Waals surface area contributed by atoms with Crippen LogP contribution < -0.4 is 5.73 Å². The Kier molecular flexibility index (Phi) is 7.31. The normalized spacial score (nSPS) is 28.2. The summed E-state index contributed by atoms with van der Waals surface area (Å²) in [6.07, 6.45) is -1.70. The number of fused-ring (bicyclic) bond motifs is 3. The van der Waals surface area contributed by atoms with Crippen LogP contribution in [0.3, 0.4) is 0 Å². The minimum atomic E-state index is -2.77. The first-order valence-electron chi connectivity index (χ1n) is 10.8. The molecule has 0 unspecified atom stereocenters. The fraction of sp³-hybridized carbons (Fsp3) is 0.348. The maximum atomic E-state index is 13.3. The Labute approximate surface area is 218 Å². The number of phenolic OH excluding ortho intramolecular Hbond substituents is 1. The second-order valence-corrected chi connectivity index (χ2v) is 9.49. The molecule has 14 nitrogen and oxygen atoms in total. The fourth-order valence-electron chi connectivity index (χ4n) is 5.25. The fourth-order valence-corrected chi connectivity index (χ4v) is 5.52. The average molecular weight is 555 g/mol. The lowest BCUT2D eigenvalue weighted by Gasteiger charge is -2.50. The van der Waals surface area contributed by atoms with Crippen molar-refractivity contribution in [2.24, 2.45) is 17.6 Å². The molecule has 204 valence electrons. The zero-order valence-electron chi connectivity index (χ0n) is 19.7. The summed E-state index contributed by atoms with van der Waals surface area (Å²) in [4.78, 5) is 57.9. The molecule has 15 heteroatoms. The summed E-state index contributed by atoms with van der Waals surface area (Å²) < 4.78 is 0. The van der Waals surface area contributed by atoms with Gasteiger partial charge in [-0.3, -0.25) is 19.3 Å². The number of aliphatic hydroxyl groups excluding tert-OH is 3. The van der Waals surface area contributed by atoms with Crippen LogP contribution in [-0.4, -0.2) is 95.8 Å². The minimum absolute atomic E-state index is 0.0145. The molecular weight excluding hydrogens is 532 g/mol. The minimum Gasteiger partial charge on any atom is -0.510 e. The van der Waals surface area contributed by atoms with E-state index in [0.29, 0.717) is 0 Å². The number of rotatable bonds is 2. The standard InChI is InChI=1S/C21H21ClN2O8.C2H2O4/c1-24(2)14-7-5-6-10(16(27)12-9(25)4-3-8(22)11(12)15(6)26)18(29)21(7,32)19(30)13(17(14)28)20(23)31;3-1(4)2(5)6/h3-4,6-7,14-15,25-26,28-29,32H,5H2,1-2H3,(H2,23,31);(H,3,4)(H,5,6)/t6-,7-,14-,15-,21-;/m0./s1. The summed E-state index contributed by atoms with van der Waals surface area (Å²) in [6, 6.07) is 1.30. The topological polar surface area (TPSA) is 256 Å². The first-order valence-corrected chi connectivity index (χ1v) is 11.2. The number of aromatic hydroxyl groups is 1. The van der Waals surface area contributed by atoms with Crippen LogP contribution in [0.5, 0.6) is 5.75 Å². The van der Waals surface area contributed by atoms with E-state index in [4.69, 9.17) is 37.1 Å². The van der Waals surface area contributed by atoms with E-state index in [-0.39, 0.29) is 22.6 Å². The maximum Gasteiger partial charge on any atom is 0.414 e. The van der Waals surface area contributed by atoms with Crippen molar-refractivity contribution >= 4 is 41.0 Å². The Bertz CT molecular complexity index is 1340. The highest BCUT2D eigenvalue weighted by Gasteiger charge is 2.64. The summed E-state index contributed by atoms with van der Waals surface area (Å²) >= 11 is 6.17. The van der Waals surface area contributed by atoms with Crippen molar-refractivity contribution in [3.05, 3.63) is 50.9 Å².